The lowest BCUT2D eigenvalue weighted by atomic mass is 9.75. The van der Waals surface area contributed by atoms with Crippen LogP contribution in [0.25, 0.3) is 5.57 Å². The van der Waals surface area contributed by atoms with Crippen molar-refractivity contribution in [3.63, 3.8) is 0 Å². The largest absolute Gasteiger partial charge is 0.373 e. The zero-order valence-electron chi connectivity index (χ0n) is 20.6. The van der Waals surface area contributed by atoms with E-state index in [0.29, 0.717) is 31.7 Å². The molecule has 0 bridgehead atoms. The predicted molar refractivity (Wildman–Crippen MR) is 135 cm³/mol. The van der Waals surface area contributed by atoms with Crippen LogP contribution >= 0.6 is 0 Å². The van der Waals surface area contributed by atoms with Gasteiger partial charge in [-0.25, -0.2) is 4.98 Å². The maximum absolute atomic E-state index is 12.9. The Balaban J connectivity index is 1.65. The number of allylic oxidation sites excluding steroid dienone is 2. The molecule has 1 aromatic heterocycles. The Morgan fingerprint density at radius 2 is 1.91 bits per heavy atom. The lowest BCUT2D eigenvalue weighted by Gasteiger charge is -2.39. The number of aromatic amines is 1. The second-order valence-electron chi connectivity index (χ2n) is 10.4. The minimum absolute atomic E-state index is 0.0927. The first kappa shape index (κ1) is 24.0. The van der Waals surface area contributed by atoms with Crippen LogP contribution in [0.1, 0.15) is 74.6 Å². The highest BCUT2D eigenvalue weighted by molar-refractivity contribution is 6.03. The molecule has 0 unspecified atom stereocenters. The Hall–Kier alpha value is -3.13. The molecular weight excluding hydrogens is 428 g/mol. The molecule has 2 aliphatic rings. The van der Waals surface area contributed by atoms with Gasteiger partial charge in [0.25, 0.3) is 5.91 Å². The molecular formula is C26H36N6O2. The number of amides is 2. The van der Waals surface area contributed by atoms with Crippen molar-refractivity contribution in [3.05, 3.63) is 47.4 Å². The van der Waals surface area contributed by atoms with Crippen LogP contribution in [-0.4, -0.2) is 46.8 Å². The van der Waals surface area contributed by atoms with Crippen LogP contribution in [0.4, 0.5) is 11.5 Å². The fraction of sp³-hybridized carbons (Fsp3) is 0.500. The van der Waals surface area contributed by atoms with Crippen molar-refractivity contribution >= 4 is 28.9 Å². The SMILES string of the molecule is CNc1cnc(C(=O)Nc2ccc(C3(N)CCN(C(C)=O)CC3)cc2C2=CCC(C)(C)CC2)[nH]1. The van der Waals surface area contributed by atoms with E-state index in [0.717, 1.165) is 36.1 Å². The van der Waals surface area contributed by atoms with Crippen molar-refractivity contribution in [3.8, 4) is 0 Å². The van der Waals surface area contributed by atoms with Gasteiger partial charge in [0.2, 0.25) is 5.91 Å². The number of nitrogens with one attached hydrogen (secondary N) is 3. The number of carbonyl (C=O) groups excluding carboxylic acids is 2. The van der Waals surface area contributed by atoms with Crippen LogP contribution in [0.15, 0.2) is 30.5 Å². The number of nitrogens with zero attached hydrogens (tertiary/aromatic N) is 2. The average molecular weight is 465 g/mol. The second-order valence-corrected chi connectivity index (χ2v) is 10.4. The third-order valence-electron chi connectivity index (χ3n) is 7.32. The smallest absolute Gasteiger partial charge is 0.291 e. The minimum Gasteiger partial charge on any atom is -0.373 e. The molecule has 4 rings (SSSR count). The first-order chi connectivity index (χ1) is 16.1. The number of carbonyl (C=O) groups is 2. The topological polar surface area (TPSA) is 116 Å². The number of likely N-dealkylation sites (tertiary alicyclic amines) is 1. The van der Waals surface area contributed by atoms with Crippen molar-refractivity contribution in [1.29, 1.82) is 0 Å². The lowest BCUT2D eigenvalue weighted by Crippen LogP contribution is -2.49. The molecule has 0 spiro atoms. The number of hydrogen-bond acceptors (Lipinski definition) is 5. The molecule has 0 atom stereocenters. The molecule has 2 aromatic rings. The van der Waals surface area contributed by atoms with E-state index < -0.39 is 5.54 Å². The van der Waals surface area contributed by atoms with Crippen LogP contribution in [0.5, 0.6) is 0 Å². The van der Waals surface area contributed by atoms with E-state index >= 15 is 0 Å². The molecule has 1 fully saturated rings. The van der Waals surface area contributed by atoms with Gasteiger partial charge in [-0.3, -0.25) is 9.59 Å². The number of benzene rings is 1. The van der Waals surface area contributed by atoms with E-state index in [4.69, 9.17) is 5.73 Å². The van der Waals surface area contributed by atoms with Crippen LogP contribution < -0.4 is 16.4 Å². The van der Waals surface area contributed by atoms with E-state index in [9.17, 15) is 9.59 Å². The Bertz CT molecular complexity index is 1110. The Kier molecular flexibility index (Phi) is 6.53. The molecule has 1 aliphatic carbocycles. The normalized spacial score (nSPS) is 19.3. The lowest BCUT2D eigenvalue weighted by molar-refractivity contribution is -0.130. The summed E-state index contributed by atoms with van der Waals surface area (Å²) in [5.41, 5.74) is 10.7. The third kappa shape index (κ3) is 5.01. The zero-order valence-corrected chi connectivity index (χ0v) is 20.6. The van der Waals surface area contributed by atoms with Crippen molar-refractivity contribution in [1.82, 2.24) is 14.9 Å². The summed E-state index contributed by atoms with van der Waals surface area (Å²) in [6, 6.07) is 6.11. The summed E-state index contributed by atoms with van der Waals surface area (Å²) in [5, 5.41) is 6.00. The summed E-state index contributed by atoms with van der Waals surface area (Å²) < 4.78 is 0. The van der Waals surface area contributed by atoms with Gasteiger partial charge < -0.3 is 26.3 Å². The number of aromatic nitrogens is 2. The van der Waals surface area contributed by atoms with Gasteiger partial charge in [-0.1, -0.05) is 26.0 Å². The van der Waals surface area contributed by atoms with Gasteiger partial charge in [-0.2, -0.15) is 0 Å². The molecule has 182 valence electrons. The summed E-state index contributed by atoms with van der Waals surface area (Å²) in [4.78, 5) is 33.7. The van der Waals surface area contributed by atoms with Crippen molar-refractivity contribution in [2.75, 3.05) is 30.8 Å². The molecule has 1 saturated heterocycles. The number of rotatable bonds is 5. The van der Waals surface area contributed by atoms with Crippen LogP contribution in [0, 0.1) is 5.41 Å². The van der Waals surface area contributed by atoms with Crippen LogP contribution in [0.3, 0.4) is 0 Å². The quantitative estimate of drug-likeness (QED) is 0.532. The molecule has 2 heterocycles. The Morgan fingerprint density at radius 1 is 1.18 bits per heavy atom. The Labute approximate surface area is 201 Å². The third-order valence-corrected chi connectivity index (χ3v) is 7.32. The molecule has 8 heteroatoms. The highest BCUT2D eigenvalue weighted by Gasteiger charge is 2.34. The standard InChI is InChI=1S/C26H36N6O2/c1-17(33)32-13-11-26(27,12-14-32)19-5-6-21(30-24(34)23-29-16-22(28-4)31-23)20(15-19)18-7-9-25(2,3)10-8-18/h5-7,15-16,28H,8-14,27H2,1-4H3,(H,29,31)(H,30,34). The molecule has 1 aliphatic heterocycles. The summed E-state index contributed by atoms with van der Waals surface area (Å²) in [5.74, 6) is 0.740. The van der Waals surface area contributed by atoms with Crippen molar-refractivity contribution in [2.24, 2.45) is 11.1 Å². The second kappa shape index (κ2) is 9.25. The number of hydrogen-bond donors (Lipinski definition) is 4. The summed E-state index contributed by atoms with van der Waals surface area (Å²) >= 11 is 0. The molecule has 1 aromatic carbocycles. The van der Waals surface area contributed by atoms with E-state index in [-0.39, 0.29) is 23.1 Å². The number of nitrogens with two attached hydrogens (primary N) is 1. The molecule has 8 nitrogen and oxygen atoms in total. The van der Waals surface area contributed by atoms with Crippen LogP contribution in [-0.2, 0) is 10.3 Å². The predicted octanol–water partition coefficient (Wildman–Crippen LogP) is 4.09. The number of anilines is 2. The average Bonchev–Trinajstić information content (AvgIpc) is 3.29. The number of H-pyrrole nitrogens is 1. The first-order valence-corrected chi connectivity index (χ1v) is 12.0. The van der Waals surface area contributed by atoms with E-state index in [1.165, 1.54) is 5.57 Å². The van der Waals surface area contributed by atoms with Crippen molar-refractivity contribution in [2.45, 2.75) is 58.4 Å². The highest BCUT2D eigenvalue weighted by atomic mass is 16.2. The molecule has 5 N–H and O–H groups in total. The highest BCUT2D eigenvalue weighted by Crippen LogP contribution is 2.41. The van der Waals surface area contributed by atoms with Crippen LogP contribution in [0.2, 0.25) is 0 Å². The Morgan fingerprint density at radius 3 is 2.50 bits per heavy atom. The molecule has 34 heavy (non-hydrogen) atoms. The van der Waals surface area contributed by atoms with Crippen molar-refractivity contribution < 1.29 is 9.59 Å². The monoisotopic (exact) mass is 464 g/mol. The van der Waals surface area contributed by atoms with E-state index in [1.54, 1.807) is 20.2 Å². The van der Waals surface area contributed by atoms with E-state index in [1.807, 2.05) is 17.0 Å². The summed E-state index contributed by atoms with van der Waals surface area (Å²) in [6.45, 7) is 7.49. The minimum atomic E-state index is -0.500. The summed E-state index contributed by atoms with van der Waals surface area (Å²) in [7, 11) is 1.77. The van der Waals surface area contributed by atoms with Gasteiger partial charge >= 0.3 is 0 Å². The van der Waals surface area contributed by atoms with Gasteiger partial charge in [0.15, 0.2) is 5.82 Å². The van der Waals surface area contributed by atoms with Gasteiger partial charge in [0.05, 0.1) is 6.20 Å². The fourth-order valence-electron chi connectivity index (χ4n) is 4.80. The molecule has 0 saturated carbocycles. The van der Waals surface area contributed by atoms with Gasteiger partial charge in [0.1, 0.15) is 5.82 Å². The number of piperidine rings is 1. The maximum atomic E-state index is 12.9. The summed E-state index contributed by atoms with van der Waals surface area (Å²) in [6.07, 6.45) is 8.33. The zero-order chi connectivity index (χ0) is 24.5. The first-order valence-electron chi connectivity index (χ1n) is 12.0. The van der Waals surface area contributed by atoms with E-state index in [2.05, 4.69) is 46.6 Å². The molecule has 0 radical (unpaired) electrons. The molecule has 2 amide bonds. The maximum Gasteiger partial charge on any atom is 0.291 e. The van der Waals surface area contributed by atoms with Gasteiger partial charge in [-0.15, -0.1) is 0 Å². The number of imidazole rings is 1. The van der Waals surface area contributed by atoms with Gasteiger partial charge in [0, 0.05) is 43.9 Å². The fourth-order valence-corrected chi connectivity index (χ4v) is 4.80. The van der Waals surface area contributed by atoms with Gasteiger partial charge in [-0.05, 0) is 60.8 Å².